The van der Waals surface area contributed by atoms with Crippen molar-refractivity contribution < 1.29 is 4.79 Å². The summed E-state index contributed by atoms with van der Waals surface area (Å²) in [6.07, 6.45) is 7.89. The number of carbonyl (C=O) groups excluding carboxylic acids is 1. The van der Waals surface area contributed by atoms with Gasteiger partial charge in [-0.05, 0) is 37.8 Å². The Labute approximate surface area is 118 Å². The molecule has 2 heterocycles. The first-order chi connectivity index (χ1) is 9.72. The summed E-state index contributed by atoms with van der Waals surface area (Å²) in [6.45, 7) is 0.771. The van der Waals surface area contributed by atoms with Crippen LogP contribution in [0.4, 0.5) is 0 Å². The van der Waals surface area contributed by atoms with Gasteiger partial charge >= 0.3 is 0 Å². The monoisotopic (exact) mass is 272 g/mol. The quantitative estimate of drug-likeness (QED) is 0.885. The fourth-order valence-corrected chi connectivity index (χ4v) is 2.90. The predicted octanol–water partition coefficient (Wildman–Crippen LogP) is 1.47. The van der Waals surface area contributed by atoms with Crippen LogP contribution in [0.1, 0.15) is 31.4 Å². The van der Waals surface area contributed by atoms with Crippen LogP contribution in [0.3, 0.4) is 0 Å². The number of carbonyl (C=O) groups is 1. The Hall–Kier alpha value is -1.88. The zero-order chi connectivity index (χ0) is 13.9. The average molecular weight is 272 g/mol. The van der Waals surface area contributed by atoms with Crippen molar-refractivity contribution in [2.45, 2.75) is 38.3 Å². The lowest BCUT2D eigenvalue weighted by molar-refractivity contribution is -0.122. The Bertz CT molecular complexity index is 566. The highest BCUT2D eigenvalue weighted by Crippen LogP contribution is 2.24. The maximum atomic E-state index is 11.1. The van der Waals surface area contributed by atoms with Crippen LogP contribution in [0, 0.1) is 5.92 Å². The van der Waals surface area contributed by atoms with Gasteiger partial charge in [-0.2, -0.15) is 0 Å². The molecule has 2 aromatic rings. The molecule has 5 nitrogen and oxygen atoms in total. The van der Waals surface area contributed by atoms with Gasteiger partial charge < -0.3 is 15.5 Å². The number of primary amides is 1. The SMILES string of the molecule is NC(=O)C1CCC(NCc2cn3ccccc3n2)CC1. The molecule has 0 radical (unpaired) electrons. The van der Waals surface area contributed by atoms with Gasteiger partial charge in [0.25, 0.3) is 0 Å². The molecule has 0 spiro atoms. The highest BCUT2D eigenvalue weighted by Gasteiger charge is 2.24. The Kier molecular flexibility index (Phi) is 3.69. The third-order valence-electron chi connectivity index (χ3n) is 4.12. The normalized spacial score (nSPS) is 23.0. The largest absolute Gasteiger partial charge is 0.369 e. The number of imidazole rings is 1. The smallest absolute Gasteiger partial charge is 0.220 e. The van der Waals surface area contributed by atoms with Crippen molar-refractivity contribution in [3.63, 3.8) is 0 Å². The van der Waals surface area contributed by atoms with Crippen molar-refractivity contribution in [3.05, 3.63) is 36.3 Å². The molecule has 20 heavy (non-hydrogen) atoms. The first-order valence-corrected chi connectivity index (χ1v) is 7.17. The Morgan fingerprint density at radius 3 is 2.85 bits per heavy atom. The summed E-state index contributed by atoms with van der Waals surface area (Å²) in [5.74, 6) is -0.0768. The van der Waals surface area contributed by atoms with Crippen molar-refractivity contribution >= 4 is 11.6 Å². The fourth-order valence-electron chi connectivity index (χ4n) is 2.90. The van der Waals surface area contributed by atoms with Gasteiger partial charge in [0.1, 0.15) is 5.65 Å². The number of pyridine rings is 1. The fraction of sp³-hybridized carbons (Fsp3) is 0.467. The summed E-state index contributed by atoms with van der Waals surface area (Å²) in [5.41, 5.74) is 7.37. The second kappa shape index (κ2) is 5.63. The van der Waals surface area contributed by atoms with E-state index in [-0.39, 0.29) is 11.8 Å². The molecule has 3 N–H and O–H groups in total. The molecule has 1 amide bonds. The van der Waals surface area contributed by atoms with Gasteiger partial charge in [-0.3, -0.25) is 4.79 Å². The van der Waals surface area contributed by atoms with E-state index in [1.54, 1.807) is 0 Å². The summed E-state index contributed by atoms with van der Waals surface area (Å²) in [6, 6.07) is 6.46. The molecule has 106 valence electrons. The van der Waals surface area contributed by atoms with Gasteiger partial charge in [-0.15, -0.1) is 0 Å². The Morgan fingerprint density at radius 1 is 1.35 bits per heavy atom. The second-order valence-corrected chi connectivity index (χ2v) is 5.53. The van der Waals surface area contributed by atoms with E-state index >= 15 is 0 Å². The molecule has 1 fully saturated rings. The second-order valence-electron chi connectivity index (χ2n) is 5.53. The van der Waals surface area contributed by atoms with Crippen molar-refractivity contribution in [3.8, 4) is 0 Å². The predicted molar refractivity (Wildman–Crippen MR) is 77.0 cm³/mol. The van der Waals surface area contributed by atoms with Crippen molar-refractivity contribution in [1.29, 1.82) is 0 Å². The topological polar surface area (TPSA) is 72.4 Å². The number of rotatable bonds is 4. The van der Waals surface area contributed by atoms with Crippen LogP contribution in [-0.4, -0.2) is 21.3 Å². The van der Waals surface area contributed by atoms with E-state index in [1.807, 2.05) is 28.8 Å². The van der Waals surface area contributed by atoms with Crippen LogP contribution in [0.2, 0.25) is 0 Å². The minimum atomic E-state index is -0.149. The van der Waals surface area contributed by atoms with Crippen LogP contribution in [0.25, 0.3) is 5.65 Å². The lowest BCUT2D eigenvalue weighted by Crippen LogP contribution is -2.36. The molecule has 0 atom stereocenters. The van der Waals surface area contributed by atoms with Gasteiger partial charge in [0.15, 0.2) is 0 Å². The Morgan fingerprint density at radius 2 is 2.15 bits per heavy atom. The first kappa shape index (κ1) is 13.1. The Balaban J connectivity index is 1.54. The number of nitrogens with one attached hydrogen (secondary N) is 1. The molecule has 0 aromatic carbocycles. The lowest BCUT2D eigenvalue weighted by Gasteiger charge is -2.27. The van der Waals surface area contributed by atoms with Crippen LogP contribution < -0.4 is 11.1 Å². The molecule has 2 aromatic heterocycles. The maximum absolute atomic E-state index is 11.1. The van der Waals surface area contributed by atoms with Gasteiger partial charge in [-0.1, -0.05) is 6.07 Å². The van der Waals surface area contributed by atoms with E-state index in [2.05, 4.69) is 16.5 Å². The zero-order valence-electron chi connectivity index (χ0n) is 11.5. The molecule has 1 aliphatic carbocycles. The van der Waals surface area contributed by atoms with Gasteiger partial charge in [0, 0.05) is 30.9 Å². The number of hydrogen-bond donors (Lipinski definition) is 2. The maximum Gasteiger partial charge on any atom is 0.220 e. The van der Waals surface area contributed by atoms with E-state index < -0.39 is 0 Å². The average Bonchev–Trinajstić information content (AvgIpc) is 2.88. The molecule has 0 saturated heterocycles. The number of hydrogen-bond acceptors (Lipinski definition) is 3. The van der Waals surface area contributed by atoms with E-state index in [0.717, 1.165) is 43.6 Å². The molecule has 0 bridgehead atoms. The van der Waals surface area contributed by atoms with Crippen molar-refractivity contribution in [2.24, 2.45) is 11.7 Å². The summed E-state index contributed by atoms with van der Waals surface area (Å²) < 4.78 is 2.03. The molecule has 5 heteroatoms. The van der Waals surface area contributed by atoms with Gasteiger partial charge in [0.05, 0.1) is 5.69 Å². The third-order valence-corrected chi connectivity index (χ3v) is 4.12. The number of amides is 1. The minimum Gasteiger partial charge on any atom is -0.369 e. The number of aromatic nitrogens is 2. The number of fused-ring (bicyclic) bond motifs is 1. The molecule has 1 aliphatic rings. The van der Waals surface area contributed by atoms with E-state index in [0.29, 0.717) is 6.04 Å². The summed E-state index contributed by atoms with van der Waals surface area (Å²) in [7, 11) is 0. The molecule has 3 rings (SSSR count). The highest BCUT2D eigenvalue weighted by molar-refractivity contribution is 5.76. The van der Waals surface area contributed by atoms with Crippen LogP contribution in [-0.2, 0) is 11.3 Å². The highest BCUT2D eigenvalue weighted by atomic mass is 16.1. The third kappa shape index (κ3) is 2.82. The van der Waals surface area contributed by atoms with Crippen LogP contribution >= 0.6 is 0 Å². The molecule has 0 unspecified atom stereocenters. The molecule has 0 aliphatic heterocycles. The standard InChI is InChI=1S/C15H20N4O/c16-15(20)11-4-6-12(7-5-11)17-9-13-10-19-8-2-1-3-14(19)18-13/h1-3,8,10-12,17H,4-7,9H2,(H2,16,20). The molecule has 1 saturated carbocycles. The van der Waals surface area contributed by atoms with Crippen molar-refractivity contribution in [1.82, 2.24) is 14.7 Å². The number of nitrogens with two attached hydrogens (primary N) is 1. The van der Waals surface area contributed by atoms with Crippen LogP contribution in [0.5, 0.6) is 0 Å². The van der Waals surface area contributed by atoms with E-state index in [4.69, 9.17) is 5.73 Å². The van der Waals surface area contributed by atoms with Crippen LogP contribution in [0.15, 0.2) is 30.6 Å². The summed E-state index contributed by atoms with van der Waals surface area (Å²) in [4.78, 5) is 15.7. The molecular formula is C15H20N4O. The summed E-state index contributed by atoms with van der Waals surface area (Å²) in [5, 5.41) is 3.53. The lowest BCUT2D eigenvalue weighted by atomic mass is 9.85. The number of nitrogens with zero attached hydrogens (tertiary/aromatic N) is 2. The summed E-state index contributed by atoms with van der Waals surface area (Å²) >= 11 is 0. The zero-order valence-corrected chi connectivity index (χ0v) is 11.5. The molecular weight excluding hydrogens is 252 g/mol. The van der Waals surface area contributed by atoms with Gasteiger partial charge in [0.2, 0.25) is 5.91 Å². The van der Waals surface area contributed by atoms with Crippen molar-refractivity contribution in [2.75, 3.05) is 0 Å². The van der Waals surface area contributed by atoms with E-state index in [1.165, 1.54) is 0 Å². The first-order valence-electron chi connectivity index (χ1n) is 7.17. The minimum absolute atomic E-state index is 0.0724. The van der Waals surface area contributed by atoms with Gasteiger partial charge in [-0.25, -0.2) is 4.98 Å². The van der Waals surface area contributed by atoms with E-state index in [9.17, 15) is 4.79 Å².